The smallest absolute Gasteiger partial charge is 0.337 e. The first kappa shape index (κ1) is 14.1. The Kier molecular flexibility index (Phi) is 4.05. The average molecular weight is 297 g/mol. The number of hydrogen-bond donors (Lipinski definition) is 0. The van der Waals surface area contributed by atoms with Crippen molar-refractivity contribution in [3.63, 3.8) is 0 Å². The van der Waals surface area contributed by atoms with Crippen molar-refractivity contribution in [2.45, 2.75) is 6.61 Å². The number of benzene rings is 1. The maximum atomic E-state index is 12.1. The van der Waals surface area contributed by atoms with Gasteiger partial charge in [-0.25, -0.2) is 4.79 Å². The van der Waals surface area contributed by atoms with Crippen LogP contribution in [0.4, 0.5) is 0 Å². The Balaban J connectivity index is 1.72. The number of carbonyl (C=O) groups is 1. The van der Waals surface area contributed by atoms with Gasteiger partial charge in [-0.3, -0.25) is 4.98 Å². The Hall–Kier alpha value is -2.82. The molecule has 0 aliphatic carbocycles. The second-order valence-corrected chi connectivity index (χ2v) is 4.77. The van der Waals surface area contributed by atoms with Gasteiger partial charge in [0.1, 0.15) is 13.2 Å². The lowest BCUT2D eigenvalue weighted by molar-refractivity contribution is -0.140. The summed E-state index contributed by atoms with van der Waals surface area (Å²) in [6.45, 7) is 0.355. The molecule has 1 aromatic carbocycles. The Bertz CT molecular complexity index is 710. The molecule has 0 radical (unpaired) electrons. The molecule has 0 unspecified atom stereocenters. The number of fused-ring (bicyclic) bond motifs is 1. The third kappa shape index (κ3) is 2.93. The van der Waals surface area contributed by atoms with E-state index in [1.54, 1.807) is 31.6 Å². The second-order valence-electron chi connectivity index (χ2n) is 4.77. The van der Waals surface area contributed by atoms with Crippen molar-refractivity contribution < 1.29 is 19.0 Å². The molecule has 5 heteroatoms. The first-order valence-corrected chi connectivity index (χ1v) is 6.84. The van der Waals surface area contributed by atoms with Crippen LogP contribution in [-0.4, -0.2) is 24.7 Å². The number of rotatable bonds is 4. The number of methoxy groups -OCH3 is 1. The van der Waals surface area contributed by atoms with Gasteiger partial charge in [-0.15, -0.1) is 0 Å². The van der Waals surface area contributed by atoms with Crippen LogP contribution in [0, 0.1) is 0 Å². The van der Waals surface area contributed by atoms with Crippen molar-refractivity contribution in [2.24, 2.45) is 0 Å². The Morgan fingerprint density at radius 3 is 3.00 bits per heavy atom. The monoisotopic (exact) mass is 297 g/mol. The summed E-state index contributed by atoms with van der Waals surface area (Å²) in [6.07, 6.45) is 5.11. The molecule has 0 bridgehead atoms. The van der Waals surface area contributed by atoms with Crippen LogP contribution in [0.2, 0.25) is 0 Å². The van der Waals surface area contributed by atoms with E-state index in [0.717, 1.165) is 11.1 Å². The minimum absolute atomic E-state index is 0.166. The van der Waals surface area contributed by atoms with Crippen LogP contribution in [0.15, 0.2) is 48.3 Å². The number of esters is 1. The van der Waals surface area contributed by atoms with Gasteiger partial charge in [0.2, 0.25) is 0 Å². The molecule has 0 saturated heterocycles. The molecule has 2 heterocycles. The van der Waals surface area contributed by atoms with Crippen molar-refractivity contribution in [2.75, 3.05) is 13.7 Å². The zero-order chi connectivity index (χ0) is 15.4. The van der Waals surface area contributed by atoms with Crippen LogP contribution in [0.25, 0.3) is 6.08 Å². The third-order valence-corrected chi connectivity index (χ3v) is 3.29. The van der Waals surface area contributed by atoms with E-state index < -0.39 is 5.97 Å². The molecule has 1 aromatic heterocycles. The molecule has 0 amide bonds. The molecule has 0 spiro atoms. The summed E-state index contributed by atoms with van der Waals surface area (Å²) in [4.78, 5) is 16.1. The summed E-state index contributed by atoms with van der Waals surface area (Å²) in [6, 6.07) is 9.19. The number of para-hydroxylation sites is 1. The number of ether oxygens (including phenoxy) is 3. The predicted octanol–water partition coefficient (Wildman–Crippen LogP) is 2.61. The van der Waals surface area contributed by atoms with Gasteiger partial charge in [-0.1, -0.05) is 18.2 Å². The first-order chi connectivity index (χ1) is 10.8. The van der Waals surface area contributed by atoms with Crippen LogP contribution in [0.1, 0.15) is 11.1 Å². The minimum Gasteiger partial charge on any atom is -0.493 e. The highest BCUT2D eigenvalue weighted by Crippen LogP contribution is 2.35. The van der Waals surface area contributed by atoms with E-state index >= 15 is 0 Å². The topological polar surface area (TPSA) is 57.7 Å². The Morgan fingerprint density at radius 2 is 2.23 bits per heavy atom. The summed E-state index contributed by atoms with van der Waals surface area (Å²) in [5.74, 6) is 0.905. The summed E-state index contributed by atoms with van der Waals surface area (Å²) in [7, 11) is 1.58. The van der Waals surface area contributed by atoms with Crippen LogP contribution in [0.5, 0.6) is 11.5 Å². The highest BCUT2D eigenvalue weighted by Gasteiger charge is 2.21. The molecule has 22 heavy (non-hydrogen) atoms. The molecule has 1 aliphatic rings. The van der Waals surface area contributed by atoms with Crippen LogP contribution >= 0.6 is 0 Å². The van der Waals surface area contributed by atoms with E-state index in [1.807, 2.05) is 24.3 Å². The van der Waals surface area contributed by atoms with Crippen molar-refractivity contribution >= 4 is 12.0 Å². The van der Waals surface area contributed by atoms with E-state index in [9.17, 15) is 4.79 Å². The number of carbonyl (C=O) groups excluding carboxylic acids is 1. The van der Waals surface area contributed by atoms with E-state index in [0.29, 0.717) is 17.1 Å². The van der Waals surface area contributed by atoms with Gasteiger partial charge >= 0.3 is 5.97 Å². The molecule has 0 N–H and O–H groups in total. The quantitative estimate of drug-likeness (QED) is 0.812. The van der Waals surface area contributed by atoms with Gasteiger partial charge in [0, 0.05) is 23.5 Å². The average Bonchev–Trinajstić information content (AvgIpc) is 2.59. The van der Waals surface area contributed by atoms with Gasteiger partial charge in [-0.05, 0) is 18.2 Å². The third-order valence-electron chi connectivity index (χ3n) is 3.29. The van der Waals surface area contributed by atoms with Gasteiger partial charge in [0.25, 0.3) is 0 Å². The molecular weight excluding hydrogens is 282 g/mol. The fourth-order valence-corrected chi connectivity index (χ4v) is 2.18. The van der Waals surface area contributed by atoms with E-state index in [2.05, 4.69) is 4.98 Å². The molecule has 3 rings (SSSR count). The van der Waals surface area contributed by atoms with Crippen LogP contribution in [-0.2, 0) is 16.1 Å². The minimum atomic E-state index is -0.391. The van der Waals surface area contributed by atoms with E-state index in [1.165, 1.54) is 0 Å². The molecule has 2 aromatic rings. The van der Waals surface area contributed by atoms with Crippen LogP contribution in [0.3, 0.4) is 0 Å². The summed E-state index contributed by atoms with van der Waals surface area (Å²) in [5.41, 5.74) is 2.12. The van der Waals surface area contributed by atoms with Gasteiger partial charge < -0.3 is 14.2 Å². The molecule has 0 atom stereocenters. The normalized spacial score (nSPS) is 12.7. The number of aromatic nitrogens is 1. The molecule has 1 aliphatic heterocycles. The lowest BCUT2D eigenvalue weighted by atomic mass is 10.1. The van der Waals surface area contributed by atoms with E-state index in [-0.39, 0.29) is 13.2 Å². The van der Waals surface area contributed by atoms with Crippen LogP contribution < -0.4 is 9.47 Å². The molecule has 0 fully saturated rings. The summed E-state index contributed by atoms with van der Waals surface area (Å²) < 4.78 is 16.1. The molecule has 0 saturated carbocycles. The maximum absolute atomic E-state index is 12.1. The molecule has 112 valence electrons. The summed E-state index contributed by atoms with van der Waals surface area (Å²) in [5, 5.41) is 0. The van der Waals surface area contributed by atoms with Crippen molar-refractivity contribution in [1.29, 1.82) is 0 Å². The van der Waals surface area contributed by atoms with E-state index in [4.69, 9.17) is 14.2 Å². The number of nitrogens with zero attached hydrogens (tertiary/aromatic N) is 1. The highest BCUT2D eigenvalue weighted by molar-refractivity contribution is 5.95. The zero-order valence-electron chi connectivity index (χ0n) is 12.1. The fourth-order valence-electron chi connectivity index (χ4n) is 2.18. The number of pyridine rings is 1. The lowest BCUT2D eigenvalue weighted by Crippen LogP contribution is -2.17. The predicted molar refractivity (Wildman–Crippen MR) is 80.5 cm³/mol. The highest BCUT2D eigenvalue weighted by atomic mass is 16.5. The van der Waals surface area contributed by atoms with Gasteiger partial charge in [-0.2, -0.15) is 0 Å². The Labute approximate surface area is 128 Å². The molecule has 5 nitrogen and oxygen atoms in total. The lowest BCUT2D eigenvalue weighted by Gasteiger charge is -2.19. The standard InChI is InChI=1S/C17H15NO4/c1-20-15-6-2-5-13-8-14(11-21-16(13)15)17(19)22-10-12-4-3-7-18-9-12/h2-9H,10-11H2,1H3. The second kappa shape index (κ2) is 6.30. The van der Waals surface area contributed by atoms with Gasteiger partial charge in [0.15, 0.2) is 11.5 Å². The fraction of sp³-hybridized carbons (Fsp3) is 0.176. The zero-order valence-corrected chi connectivity index (χ0v) is 12.1. The Morgan fingerprint density at radius 1 is 1.32 bits per heavy atom. The largest absolute Gasteiger partial charge is 0.493 e. The van der Waals surface area contributed by atoms with Crippen molar-refractivity contribution in [3.05, 3.63) is 59.4 Å². The van der Waals surface area contributed by atoms with Crippen molar-refractivity contribution in [3.8, 4) is 11.5 Å². The SMILES string of the molecule is COc1cccc2c1OCC(C(=O)OCc1cccnc1)=C2. The molecular formula is C17H15NO4. The van der Waals surface area contributed by atoms with Crippen molar-refractivity contribution in [1.82, 2.24) is 4.98 Å². The maximum Gasteiger partial charge on any atom is 0.337 e. The van der Waals surface area contributed by atoms with Gasteiger partial charge in [0.05, 0.1) is 12.7 Å². The first-order valence-electron chi connectivity index (χ1n) is 6.84. The number of hydrogen-bond acceptors (Lipinski definition) is 5. The summed E-state index contributed by atoms with van der Waals surface area (Å²) >= 11 is 0.